The van der Waals surface area contributed by atoms with Crippen LogP contribution in [0, 0.1) is 6.92 Å². The Morgan fingerprint density at radius 2 is 1.48 bits per heavy atom. The van der Waals surface area contributed by atoms with Crippen molar-refractivity contribution in [3.05, 3.63) is 77.4 Å². The van der Waals surface area contributed by atoms with Gasteiger partial charge in [0.15, 0.2) is 0 Å². The van der Waals surface area contributed by atoms with Crippen LogP contribution < -0.4 is 0 Å². The Labute approximate surface area is 159 Å². The monoisotopic (exact) mass is 360 g/mol. The smallest absolute Gasteiger partial charge is 0.339 e. The van der Waals surface area contributed by atoms with E-state index >= 15 is 0 Å². The number of aromatic hydroxyl groups is 1. The van der Waals surface area contributed by atoms with Crippen LogP contribution in [0.25, 0.3) is 22.3 Å². The number of carboxylic acid groups (broad SMARTS) is 1. The van der Waals surface area contributed by atoms with Crippen molar-refractivity contribution in [3.8, 4) is 28.0 Å². The minimum absolute atomic E-state index is 0.0183. The number of carbonyl (C=O) groups is 1. The van der Waals surface area contributed by atoms with Gasteiger partial charge in [-0.1, -0.05) is 74.9 Å². The van der Waals surface area contributed by atoms with E-state index in [1.54, 1.807) is 6.07 Å². The molecule has 0 unspecified atom stereocenters. The van der Waals surface area contributed by atoms with E-state index in [-0.39, 0.29) is 16.7 Å². The van der Waals surface area contributed by atoms with Gasteiger partial charge in [0, 0.05) is 5.56 Å². The summed E-state index contributed by atoms with van der Waals surface area (Å²) in [4.78, 5) is 11.7. The average molecular weight is 360 g/mol. The van der Waals surface area contributed by atoms with Crippen LogP contribution in [0.1, 0.15) is 42.3 Å². The molecule has 3 nitrogen and oxygen atoms in total. The van der Waals surface area contributed by atoms with Gasteiger partial charge in [-0.05, 0) is 46.7 Å². The highest BCUT2D eigenvalue weighted by molar-refractivity contribution is 5.96. The fraction of sp³-hybridized carbons (Fsp3) is 0.208. The van der Waals surface area contributed by atoms with E-state index in [0.29, 0.717) is 5.56 Å². The summed E-state index contributed by atoms with van der Waals surface area (Å²) in [6.45, 7) is 8.50. The summed E-state index contributed by atoms with van der Waals surface area (Å²) in [5.74, 6) is -1.35. The molecule has 27 heavy (non-hydrogen) atoms. The highest BCUT2D eigenvalue weighted by atomic mass is 16.4. The van der Waals surface area contributed by atoms with Crippen molar-refractivity contribution in [1.29, 1.82) is 0 Å². The third kappa shape index (κ3) is 3.87. The van der Waals surface area contributed by atoms with Crippen molar-refractivity contribution in [3.63, 3.8) is 0 Å². The van der Waals surface area contributed by atoms with E-state index in [4.69, 9.17) is 0 Å². The maximum atomic E-state index is 11.7. The number of hydrogen-bond donors (Lipinski definition) is 2. The summed E-state index contributed by atoms with van der Waals surface area (Å²) < 4.78 is 0. The molecule has 0 aliphatic carbocycles. The second-order valence-electron chi connectivity index (χ2n) is 7.93. The van der Waals surface area contributed by atoms with Crippen LogP contribution in [0.2, 0.25) is 0 Å². The van der Waals surface area contributed by atoms with E-state index in [2.05, 4.69) is 32.9 Å². The molecule has 3 aromatic rings. The molecule has 0 aliphatic heterocycles. The Morgan fingerprint density at radius 1 is 0.852 bits per heavy atom. The molecule has 3 aromatic carbocycles. The lowest BCUT2D eigenvalue weighted by Gasteiger charge is -2.21. The topological polar surface area (TPSA) is 57.5 Å². The lowest BCUT2D eigenvalue weighted by Crippen LogP contribution is -2.11. The molecular formula is C24H24O3. The lowest BCUT2D eigenvalue weighted by atomic mass is 9.84. The largest absolute Gasteiger partial charge is 0.506 e. The maximum Gasteiger partial charge on any atom is 0.339 e. The Kier molecular flexibility index (Phi) is 4.79. The minimum atomic E-state index is -1.14. The Balaban J connectivity index is 2.27. The molecule has 3 heteroatoms. The zero-order valence-corrected chi connectivity index (χ0v) is 16.1. The van der Waals surface area contributed by atoms with Crippen molar-refractivity contribution in [2.75, 3.05) is 0 Å². The van der Waals surface area contributed by atoms with Crippen LogP contribution in [0.3, 0.4) is 0 Å². The van der Waals surface area contributed by atoms with E-state index in [9.17, 15) is 15.0 Å². The summed E-state index contributed by atoms with van der Waals surface area (Å²) in [5, 5.41) is 20.1. The second kappa shape index (κ2) is 6.92. The van der Waals surface area contributed by atoms with Crippen molar-refractivity contribution < 1.29 is 15.0 Å². The van der Waals surface area contributed by atoms with Gasteiger partial charge in [-0.3, -0.25) is 0 Å². The molecule has 0 spiro atoms. The molecule has 138 valence electrons. The molecule has 0 bridgehead atoms. The van der Waals surface area contributed by atoms with Crippen LogP contribution in [0.4, 0.5) is 0 Å². The minimum Gasteiger partial charge on any atom is -0.506 e. The normalized spacial score (nSPS) is 11.4. The van der Waals surface area contributed by atoms with Crippen molar-refractivity contribution >= 4 is 5.97 Å². The Hall–Kier alpha value is -3.07. The summed E-state index contributed by atoms with van der Waals surface area (Å²) in [7, 11) is 0. The number of hydrogen-bond acceptors (Lipinski definition) is 2. The molecule has 2 N–H and O–H groups in total. The first-order chi connectivity index (χ1) is 12.7. The maximum absolute atomic E-state index is 11.7. The van der Waals surface area contributed by atoms with Gasteiger partial charge in [-0.15, -0.1) is 0 Å². The third-order valence-electron chi connectivity index (χ3n) is 4.70. The number of benzene rings is 3. The summed E-state index contributed by atoms with van der Waals surface area (Å²) in [5.41, 5.74) is 5.21. The first-order valence-corrected chi connectivity index (χ1v) is 8.95. The van der Waals surface area contributed by atoms with Crippen LogP contribution >= 0.6 is 0 Å². The fourth-order valence-electron chi connectivity index (χ4n) is 3.18. The molecule has 0 radical (unpaired) electrons. The van der Waals surface area contributed by atoms with E-state index in [1.165, 1.54) is 5.56 Å². The van der Waals surface area contributed by atoms with Crippen molar-refractivity contribution in [1.82, 2.24) is 0 Å². The highest BCUT2D eigenvalue weighted by Gasteiger charge is 2.19. The molecule has 0 atom stereocenters. The van der Waals surface area contributed by atoms with Gasteiger partial charge in [0.05, 0.1) is 0 Å². The summed E-state index contributed by atoms with van der Waals surface area (Å²) in [6, 6.07) is 19.0. The van der Waals surface area contributed by atoms with Gasteiger partial charge in [-0.2, -0.15) is 0 Å². The Bertz CT molecular complexity index is 996. The fourth-order valence-corrected chi connectivity index (χ4v) is 3.18. The number of aromatic carboxylic acids is 1. The van der Waals surface area contributed by atoms with Crippen molar-refractivity contribution in [2.24, 2.45) is 0 Å². The summed E-state index contributed by atoms with van der Waals surface area (Å²) >= 11 is 0. The second-order valence-corrected chi connectivity index (χ2v) is 7.93. The molecule has 0 fully saturated rings. The van der Waals surface area contributed by atoms with Gasteiger partial charge in [0.25, 0.3) is 0 Å². The van der Waals surface area contributed by atoms with Crippen LogP contribution in [0.15, 0.2) is 60.7 Å². The average Bonchev–Trinajstić information content (AvgIpc) is 2.61. The van der Waals surface area contributed by atoms with Gasteiger partial charge in [0.1, 0.15) is 11.3 Å². The standard InChI is InChI=1S/C24H24O3/c1-15-10-17(12-19(11-15)24(2,3)4)18-13-20(16-8-6-5-7-9-16)22(25)21(14-18)23(26)27/h5-14,25H,1-4H3,(H,26,27). The van der Waals surface area contributed by atoms with E-state index < -0.39 is 5.97 Å². The predicted molar refractivity (Wildman–Crippen MR) is 109 cm³/mol. The van der Waals surface area contributed by atoms with Gasteiger partial charge in [0.2, 0.25) is 0 Å². The molecule has 0 aliphatic rings. The molecule has 3 rings (SSSR count). The van der Waals surface area contributed by atoms with Crippen LogP contribution in [-0.2, 0) is 5.41 Å². The first-order valence-electron chi connectivity index (χ1n) is 8.95. The molecule has 0 aromatic heterocycles. The number of phenols is 1. The van der Waals surface area contributed by atoms with Crippen LogP contribution in [-0.4, -0.2) is 16.2 Å². The zero-order valence-electron chi connectivity index (χ0n) is 16.1. The molecule has 0 amide bonds. The van der Waals surface area contributed by atoms with Gasteiger partial charge >= 0.3 is 5.97 Å². The number of carboxylic acids is 1. The lowest BCUT2D eigenvalue weighted by molar-refractivity contribution is 0.0694. The van der Waals surface area contributed by atoms with Gasteiger partial charge < -0.3 is 10.2 Å². The number of aryl methyl sites for hydroxylation is 1. The SMILES string of the molecule is Cc1cc(-c2cc(C(=O)O)c(O)c(-c3ccccc3)c2)cc(C(C)(C)C)c1. The molecule has 0 saturated carbocycles. The highest BCUT2D eigenvalue weighted by Crippen LogP contribution is 2.38. The summed E-state index contributed by atoms with van der Waals surface area (Å²) in [6.07, 6.45) is 0. The van der Waals surface area contributed by atoms with Crippen LogP contribution in [0.5, 0.6) is 5.75 Å². The Morgan fingerprint density at radius 3 is 2.07 bits per heavy atom. The van der Waals surface area contributed by atoms with E-state index in [0.717, 1.165) is 22.3 Å². The zero-order chi connectivity index (χ0) is 19.8. The number of rotatable bonds is 3. The molecule has 0 saturated heterocycles. The quantitative estimate of drug-likeness (QED) is 0.599. The molecule has 0 heterocycles. The third-order valence-corrected chi connectivity index (χ3v) is 4.70. The van der Waals surface area contributed by atoms with Gasteiger partial charge in [-0.25, -0.2) is 4.79 Å². The first kappa shape index (κ1) is 18.7. The molecular weight excluding hydrogens is 336 g/mol. The van der Waals surface area contributed by atoms with Crippen molar-refractivity contribution in [2.45, 2.75) is 33.1 Å². The predicted octanol–water partition coefficient (Wildman–Crippen LogP) is 6.03. The van der Waals surface area contributed by atoms with E-state index in [1.807, 2.05) is 49.4 Å².